The van der Waals surface area contributed by atoms with Crippen molar-refractivity contribution >= 4 is 67.1 Å². The summed E-state index contributed by atoms with van der Waals surface area (Å²) in [6.45, 7) is 31.4. The predicted molar refractivity (Wildman–Crippen MR) is 332 cm³/mol. The molecule has 0 spiro atoms. The van der Waals surface area contributed by atoms with Crippen LogP contribution in [-0.2, 0) is 20.7 Å². The average molecular weight is 1180 g/mol. The fourth-order valence-corrected chi connectivity index (χ4v) is 16.9. The molecule has 76 heavy (non-hydrogen) atoms. The summed E-state index contributed by atoms with van der Waals surface area (Å²) in [5.74, 6) is 1.82. The first-order chi connectivity index (χ1) is 36.0. The molecule has 8 aromatic rings. The molecule has 0 fully saturated rings. The molecule has 8 aromatic carbocycles. The predicted octanol–water partition coefficient (Wildman–Crippen LogP) is 14.8. The Hall–Kier alpha value is -4.66. The standard InChI is InChI=1S/C48H52P2.C19H26N2O2.2ClH.Ru/c1-29-13-30(2)20-41(19-29)49(42-21-31(3)14-32(4)22-42)45-27-37(9)17-39(11)47(45)48-40(12)18-38(10)28-46(48)50(43-23-33(5)15-34(6)24-43)44-25-35(7)16-36(8)26-44;1-13(2)18(20)19(21,14-5-9-16(22-3)10-6-14)15-7-11-17(23-4)12-8-15;;;/h13-28H,1-12H3;5-13,18H,20-21H2,1-4H3;2*1H;/q;;;;+2/p-2/t;18-;;;/m.1.../s1. The normalized spacial score (nSPS) is 11.8. The third-order valence-electron chi connectivity index (χ3n) is 13.9. The van der Waals surface area contributed by atoms with Gasteiger partial charge in [0.15, 0.2) is 0 Å². The molecule has 0 radical (unpaired) electrons. The van der Waals surface area contributed by atoms with Crippen LogP contribution < -0.4 is 52.8 Å². The van der Waals surface area contributed by atoms with Crippen molar-refractivity contribution in [3.63, 3.8) is 0 Å². The summed E-state index contributed by atoms with van der Waals surface area (Å²) in [6, 6.07) is 54.0. The van der Waals surface area contributed by atoms with Crippen LogP contribution in [0.1, 0.15) is 91.7 Å². The van der Waals surface area contributed by atoms with Gasteiger partial charge >= 0.3 is 34.5 Å². The van der Waals surface area contributed by atoms with Crippen molar-refractivity contribution in [1.29, 1.82) is 0 Å². The Morgan fingerprint density at radius 3 is 0.868 bits per heavy atom. The number of aryl methyl sites for hydroxylation is 12. The number of benzene rings is 8. The van der Waals surface area contributed by atoms with Crippen LogP contribution in [0.2, 0.25) is 0 Å². The van der Waals surface area contributed by atoms with E-state index in [0.29, 0.717) is 0 Å². The first-order valence-corrected chi connectivity index (χ1v) is 33.0. The molecule has 0 unspecified atom stereocenters. The van der Waals surface area contributed by atoms with Gasteiger partial charge in [-0.3, -0.25) is 0 Å². The van der Waals surface area contributed by atoms with E-state index >= 15 is 0 Å². The zero-order valence-electron chi connectivity index (χ0n) is 47.5. The van der Waals surface area contributed by atoms with E-state index in [-0.39, 0.29) is 27.1 Å². The summed E-state index contributed by atoms with van der Waals surface area (Å²) < 4.78 is 10.5. The van der Waals surface area contributed by atoms with Gasteiger partial charge in [0.2, 0.25) is 0 Å². The van der Waals surface area contributed by atoms with Crippen molar-refractivity contribution in [2.45, 2.75) is 109 Å². The molecule has 0 heterocycles. The minimum atomic E-state index is -0.861. The van der Waals surface area contributed by atoms with Gasteiger partial charge in [0.1, 0.15) is 11.5 Å². The monoisotopic (exact) mass is 1180 g/mol. The van der Waals surface area contributed by atoms with Crippen molar-refractivity contribution in [1.82, 2.24) is 0 Å². The van der Waals surface area contributed by atoms with E-state index in [2.05, 4.69) is 194 Å². The fourth-order valence-electron chi connectivity index (χ4n) is 10.9. The molecule has 400 valence electrons. The molecule has 4 N–H and O–H groups in total. The quantitative estimate of drug-likeness (QED) is 0.0891. The summed E-state index contributed by atoms with van der Waals surface area (Å²) in [5.41, 5.74) is 33.3. The summed E-state index contributed by atoms with van der Waals surface area (Å²) >= 11 is -0.346. The molecule has 0 amide bonds. The SMILES string of the molecule is COc1ccc(C(N)(c2ccc(OC)cc2)[C@H](N)C(C)C)cc1.Cc1cc(C)cc(P(c2cc(C)cc(C)c2)c2cc(C)cc(C)c2-c2c(C)cc(C)cc2P(c2cc(C)cc(C)c2)c2cc(C)cc(C)c2)c1.[Cl][Ru][Cl]. The number of rotatable bonds is 13. The molecule has 1 atom stereocenters. The van der Waals surface area contributed by atoms with E-state index in [9.17, 15) is 0 Å². The van der Waals surface area contributed by atoms with Crippen LogP contribution in [0, 0.1) is 89.0 Å². The van der Waals surface area contributed by atoms with Crippen LogP contribution >= 0.6 is 35.2 Å². The number of halogens is 2. The van der Waals surface area contributed by atoms with E-state index in [4.69, 9.17) is 40.3 Å². The van der Waals surface area contributed by atoms with Crippen LogP contribution in [0.25, 0.3) is 11.1 Å². The van der Waals surface area contributed by atoms with E-state index in [1.165, 1.54) is 110 Å². The van der Waals surface area contributed by atoms with Crippen molar-refractivity contribution in [3.8, 4) is 22.6 Å². The number of hydrogen-bond donors (Lipinski definition) is 2. The first-order valence-electron chi connectivity index (χ1n) is 25.9. The Morgan fingerprint density at radius 1 is 0.408 bits per heavy atom. The van der Waals surface area contributed by atoms with E-state index in [1.54, 1.807) is 14.2 Å². The van der Waals surface area contributed by atoms with E-state index < -0.39 is 21.4 Å². The van der Waals surface area contributed by atoms with E-state index in [1.807, 2.05) is 48.5 Å². The molecule has 0 saturated carbocycles. The van der Waals surface area contributed by atoms with Gasteiger partial charge in [-0.25, -0.2) is 0 Å². The summed E-state index contributed by atoms with van der Waals surface area (Å²) in [4.78, 5) is 0. The molecule has 0 aromatic heterocycles. The maximum absolute atomic E-state index is 6.86. The number of methoxy groups -OCH3 is 2. The first kappa shape index (κ1) is 60.6. The Kier molecular flexibility index (Phi) is 21.4. The molecule has 0 aliphatic carbocycles. The number of ether oxygens (including phenoxy) is 2. The maximum atomic E-state index is 6.86. The third kappa shape index (κ3) is 14.5. The van der Waals surface area contributed by atoms with Gasteiger partial charge in [-0.15, -0.1) is 0 Å². The van der Waals surface area contributed by atoms with Gasteiger partial charge in [-0.05, 0) is 194 Å². The Labute approximate surface area is 474 Å². The Balaban J connectivity index is 0.000000300. The molecule has 9 heteroatoms. The van der Waals surface area contributed by atoms with Gasteiger partial charge in [-0.1, -0.05) is 191 Å². The van der Waals surface area contributed by atoms with Crippen molar-refractivity contribution < 1.29 is 24.6 Å². The van der Waals surface area contributed by atoms with E-state index in [0.717, 1.165) is 22.6 Å². The van der Waals surface area contributed by atoms with Gasteiger partial charge in [0, 0.05) is 6.04 Å². The second-order valence-electron chi connectivity index (χ2n) is 21.2. The molecular weight excluding hydrogens is 1100 g/mol. The summed E-state index contributed by atoms with van der Waals surface area (Å²) in [5, 5.41) is 8.60. The van der Waals surface area contributed by atoms with Gasteiger partial charge in [0.25, 0.3) is 0 Å². The van der Waals surface area contributed by atoms with Gasteiger partial charge < -0.3 is 20.9 Å². The van der Waals surface area contributed by atoms with Crippen LogP contribution in [0.4, 0.5) is 0 Å². The number of nitrogens with two attached hydrogens (primary N) is 2. The third-order valence-corrected chi connectivity index (χ3v) is 18.7. The zero-order valence-corrected chi connectivity index (χ0v) is 52.5. The fraction of sp³-hybridized carbons (Fsp3) is 0.284. The van der Waals surface area contributed by atoms with Crippen molar-refractivity contribution in [3.05, 3.63) is 223 Å². The Morgan fingerprint density at radius 2 is 0.645 bits per heavy atom. The summed E-state index contributed by atoms with van der Waals surface area (Å²) in [6.07, 6.45) is 0. The second kappa shape index (κ2) is 26.8. The molecular formula is C67H78Cl2N2O2P2Ru. The zero-order chi connectivity index (χ0) is 55.8. The number of hydrogen-bond acceptors (Lipinski definition) is 4. The van der Waals surface area contributed by atoms with Crippen LogP contribution in [0.15, 0.2) is 146 Å². The van der Waals surface area contributed by atoms with Crippen LogP contribution in [0.3, 0.4) is 0 Å². The van der Waals surface area contributed by atoms with Crippen molar-refractivity contribution in [2.24, 2.45) is 17.4 Å². The molecule has 8 rings (SSSR count). The van der Waals surface area contributed by atoms with Crippen LogP contribution in [-0.4, -0.2) is 20.3 Å². The second-order valence-corrected chi connectivity index (χ2v) is 28.2. The minimum absolute atomic E-state index is 0.226. The van der Waals surface area contributed by atoms with Crippen LogP contribution in [0.5, 0.6) is 11.5 Å². The van der Waals surface area contributed by atoms with Gasteiger partial charge in [-0.2, -0.15) is 0 Å². The van der Waals surface area contributed by atoms with Gasteiger partial charge in [0.05, 0.1) is 19.8 Å². The average Bonchev–Trinajstić information content (AvgIpc) is 3.33. The van der Waals surface area contributed by atoms with Crippen molar-refractivity contribution in [2.75, 3.05) is 14.2 Å². The molecule has 0 bridgehead atoms. The molecule has 0 aliphatic rings. The Bertz CT molecular complexity index is 2890. The molecule has 0 saturated heterocycles. The molecule has 0 aliphatic heterocycles. The summed E-state index contributed by atoms with van der Waals surface area (Å²) in [7, 11) is 11.3. The topological polar surface area (TPSA) is 70.5 Å². The molecule has 4 nitrogen and oxygen atoms in total.